The molecule has 0 saturated carbocycles. The van der Waals surface area contributed by atoms with Crippen molar-refractivity contribution in [3.8, 4) is 0 Å². The van der Waals surface area contributed by atoms with Gasteiger partial charge in [-0.2, -0.15) is 0 Å². The molecule has 7 heteroatoms. The Kier molecular flexibility index (Phi) is 2.90. The number of imidazole rings is 1. The number of pyridine rings is 1. The summed E-state index contributed by atoms with van der Waals surface area (Å²) in [6.07, 6.45) is 2.12. The van der Waals surface area contributed by atoms with Crippen molar-refractivity contribution >= 4 is 15.7 Å². The molecule has 0 spiro atoms. The molecule has 2 aromatic rings. The maximum Gasteiger partial charge on any atom is 0.214 e. The Morgan fingerprint density at radius 3 is 2.76 bits per heavy atom. The summed E-state index contributed by atoms with van der Waals surface area (Å²) in [6, 6.07) is 5.38. The number of nitrogens with two attached hydrogens (primary N) is 1. The first-order chi connectivity index (χ1) is 7.89. The predicted octanol–water partition coefficient (Wildman–Crippen LogP) is 0.0447. The number of rotatable bonds is 3. The van der Waals surface area contributed by atoms with Crippen molar-refractivity contribution in [2.75, 3.05) is 0 Å². The van der Waals surface area contributed by atoms with Gasteiger partial charge in [-0.05, 0) is 19.1 Å². The van der Waals surface area contributed by atoms with Gasteiger partial charge in [0.25, 0.3) is 0 Å². The van der Waals surface area contributed by atoms with Crippen LogP contribution >= 0.6 is 0 Å². The highest BCUT2D eigenvalue weighted by Gasteiger charge is 2.27. The first kappa shape index (κ1) is 12.0. The van der Waals surface area contributed by atoms with Crippen LogP contribution in [0.2, 0.25) is 0 Å². The van der Waals surface area contributed by atoms with E-state index in [0.29, 0.717) is 5.65 Å². The van der Waals surface area contributed by atoms with Crippen molar-refractivity contribution in [1.29, 1.82) is 0 Å². The molecule has 2 atom stereocenters. The van der Waals surface area contributed by atoms with Crippen LogP contribution in [0.1, 0.15) is 18.7 Å². The van der Waals surface area contributed by atoms with Gasteiger partial charge in [0.15, 0.2) is 0 Å². The first-order valence-corrected chi connectivity index (χ1v) is 6.64. The lowest BCUT2D eigenvalue weighted by atomic mass is 10.2. The number of aliphatic hydroxyl groups is 1. The number of hydrogen-bond donors (Lipinski definition) is 2. The highest BCUT2D eigenvalue weighted by molar-refractivity contribution is 7.89. The molecule has 0 aliphatic carbocycles. The summed E-state index contributed by atoms with van der Waals surface area (Å²) in [6.45, 7) is 1.35. The van der Waals surface area contributed by atoms with E-state index >= 15 is 0 Å². The number of nitrogens with zero attached hydrogens (tertiary/aromatic N) is 2. The second kappa shape index (κ2) is 4.10. The topological polar surface area (TPSA) is 97.7 Å². The fourth-order valence-electron chi connectivity index (χ4n) is 1.52. The molecular formula is C10H13N3O3S. The van der Waals surface area contributed by atoms with Crippen LogP contribution in [0.3, 0.4) is 0 Å². The lowest BCUT2D eigenvalue weighted by Gasteiger charge is -2.14. The average molecular weight is 255 g/mol. The molecule has 2 rings (SSSR count). The molecule has 17 heavy (non-hydrogen) atoms. The van der Waals surface area contributed by atoms with E-state index in [4.69, 9.17) is 5.14 Å². The minimum atomic E-state index is -3.79. The van der Waals surface area contributed by atoms with Crippen LogP contribution in [0.4, 0.5) is 0 Å². The lowest BCUT2D eigenvalue weighted by Crippen LogP contribution is -2.31. The molecule has 6 nitrogen and oxygen atoms in total. The minimum absolute atomic E-state index is 0.290. The first-order valence-electron chi connectivity index (χ1n) is 5.03. The Balaban J connectivity index is 2.40. The van der Waals surface area contributed by atoms with Crippen LogP contribution in [0.15, 0.2) is 30.6 Å². The van der Waals surface area contributed by atoms with Gasteiger partial charge in [0.05, 0.1) is 5.69 Å². The van der Waals surface area contributed by atoms with Gasteiger partial charge in [0.1, 0.15) is 17.0 Å². The quantitative estimate of drug-likeness (QED) is 0.809. The van der Waals surface area contributed by atoms with E-state index in [1.54, 1.807) is 22.9 Å². The molecule has 0 aliphatic heterocycles. The van der Waals surface area contributed by atoms with Gasteiger partial charge in [0.2, 0.25) is 10.0 Å². The zero-order valence-electron chi connectivity index (χ0n) is 9.19. The number of aromatic nitrogens is 2. The van der Waals surface area contributed by atoms with Crippen LogP contribution in [0, 0.1) is 0 Å². The van der Waals surface area contributed by atoms with E-state index < -0.39 is 21.4 Å². The van der Waals surface area contributed by atoms with Crippen molar-refractivity contribution in [2.24, 2.45) is 5.14 Å². The maximum absolute atomic E-state index is 11.1. The van der Waals surface area contributed by atoms with Gasteiger partial charge < -0.3 is 9.51 Å². The Labute approximate surface area is 98.8 Å². The van der Waals surface area contributed by atoms with Gasteiger partial charge >= 0.3 is 0 Å². The molecule has 0 aliphatic rings. The zero-order valence-corrected chi connectivity index (χ0v) is 10.0. The number of aliphatic hydroxyl groups excluding tert-OH is 1. The number of primary sulfonamides is 1. The molecule has 92 valence electrons. The summed E-state index contributed by atoms with van der Waals surface area (Å²) >= 11 is 0. The van der Waals surface area contributed by atoms with Crippen molar-refractivity contribution in [2.45, 2.75) is 18.3 Å². The van der Waals surface area contributed by atoms with Crippen LogP contribution < -0.4 is 5.14 Å². The molecule has 2 unspecified atom stereocenters. The molecular weight excluding hydrogens is 242 g/mol. The van der Waals surface area contributed by atoms with Crippen LogP contribution in [0.5, 0.6) is 0 Å². The SMILES string of the molecule is CC(C(O)c1cn2ccccc2n1)S(N)(=O)=O. The molecule has 0 amide bonds. The van der Waals surface area contributed by atoms with E-state index in [-0.39, 0.29) is 5.69 Å². The third-order valence-corrected chi connectivity index (χ3v) is 3.94. The van der Waals surface area contributed by atoms with E-state index in [2.05, 4.69) is 4.98 Å². The summed E-state index contributed by atoms with van der Waals surface area (Å²) in [4.78, 5) is 4.14. The van der Waals surface area contributed by atoms with E-state index in [9.17, 15) is 13.5 Å². The molecule has 2 aromatic heterocycles. The van der Waals surface area contributed by atoms with Gasteiger partial charge in [-0.3, -0.25) is 0 Å². The molecule has 0 aromatic carbocycles. The number of sulfonamides is 1. The Morgan fingerprint density at radius 2 is 2.18 bits per heavy atom. The van der Waals surface area contributed by atoms with E-state index in [0.717, 1.165) is 0 Å². The molecule has 2 heterocycles. The molecule has 0 bridgehead atoms. The standard InChI is InChI=1S/C10H13N3O3S/c1-7(17(11,15)16)10(14)8-6-13-5-3-2-4-9(13)12-8/h2-7,10,14H,1H3,(H2,11,15,16). The molecule has 3 N–H and O–H groups in total. The second-order valence-corrected chi connectivity index (χ2v) is 5.79. The summed E-state index contributed by atoms with van der Waals surface area (Å²) in [5.74, 6) is 0. The number of fused-ring (bicyclic) bond motifs is 1. The number of hydrogen-bond acceptors (Lipinski definition) is 4. The zero-order chi connectivity index (χ0) is 12.6. The van der Waals surface area contributed by atoms with Gasteiger partial charge in [-0.1, -0.05) is 6.07 Å². The van der Waals surface area contributed by atoms with Gasteiger partial charge in [-0.15, -0.1) is 0 Å². The van der Waals surface area contributed by atoms with E-state index in [1.807, 2.05) is 12.1 Å². The average Bonchev–Trinajstić information content (AvgIpc) is 2.69. The molecule has 0 fully saturated rings. The van der Waals surface area contributed by atoms with Crippen LogP contribution in [-0.4, -0.2) is 28.2 Å². The second-order valence-electron chi connectivity index (χ2n) is 3.87. The Hall–Kier alpha value is -1.44. The highest BCUT2D eigenvalue weighted by atomic mass is 32.2. The van der Waals surface area contributed by atoms with Crippen molar-refractivity contribution < 1.29 is 13.5 Å². The van der Waals surface area contributed by atoms with E-state index in [1.165, 1.54) is 6.92 Å². The van der Waals surface area contributed by atoms with Crippen molar-refractivity contribution in [1.82, 2.24) is 9.38 Å². The third kappa shape index (κ3) is 2.31. The minimum Gasteiger partial charge on any atom is -0.385 e. The van der Waals surface area contributed by atoms with Gasteiger partial charge in [-0.25, -0.2) is 18.5 Å². The van der Waals surface area contributed by atoms with Crippen LogP contribution in [-0.2, 0) is 10.0 Å². The van der Waals surface area contributed by atoms with Crippen LogP contribution in [0.25, 0.3) is 5.65 Å². The highest BCUT2D eigenvalue weighted by Crippen LogP contribution is 2.20. The normalized spacial score (nSPS) is 15.9. The fraction of sp³-hybridized carbons (Fsp3) is 0.300. The maximum atomic E-state index is 11.1. The summed E-state index contributed by atoms with van der Waals surface area (Å²) in [5.41, 5.74) is 0.931. The Morgan fingerprint density at radius 1 is 1.47 bits per heavy atom. The van der Waals surface area contributed by atoms with Crippen molar-refractivity contribution in [3.63, 3.8) is 0 Å². The monoisotopic (exact) mass is 255 g/mol. The summed E-state index contributed by atoms with van der Waals surface area (Å²) in [7, 11) is -3.79. The summed E-state index contributed by atoms with van der Waals surface area (Å²) in [5, 5.41) is 13.8. The summed E-state index contributed by atoms with van der Waals surface area (Å²) < 4.78 is 24.0. The smallest absolute Gasteiger partial charge is 0.214 e. The third-order valence-electron chi connectivity index (χ3n) is 2.65. The lowest BCUT2D eigenvalue weighted by molar-refractivity contribution is 0.172. The molecule has 0 radical (unpaired) electrons. The Bertz CT molecular complexity index is 602. The van der Waals surface area contributed by atoms with Gasteiger partial charge in [0, 0.05) is 12.4 Å². The fourth-order valence-corrected chi connectivity index (χ4v) is 2.02. The molecule has 0 saturated heterocycles. The largest absolute Gasteiger partial charge is 0.385 e. The predicted molar refractivity (Wildman–Crippen MR) is 62.7 cm³/mol. The van der Waals surface area contributed by atoms with Crippen molar-refractivity contribution in [3.05, 3.63) is 36.3 Å².